The Bertz CT molecular complexity index is 762. The predicted molar refractivity (Wildman–Crippen MR) is 96.7 cm³/mol. The number of ketones is 2. The largest absolute Gasteiger partial charge is 0.340 e. The number of alkyl halides is 1. The average Bonchev–Trinajstić information content (AvgIpc) is 2.56. The highest BCUT2D eigenvalue weighted by atomic mass is 79.9. The minimum atomic E-state index is -3.58. The molecule has 0 aromatic heterocycles. The maximum absolute atomic E-state index is 12.7. The monoisotopic (exact) mass is 414 g/mol. The number of rotatable bonds is 6. The topological polar surface area (TPSA) is 86.7 Å². The second kappa shape index (κ2) is 7.42. The molecule has 2 atom stereocenters. The number of Topliss-reactive ketones (excluding diaryl/α,β-unsaturated/α-hetero) is 2. The van der Waals surface area contributed by atoms with Crippen LogP contribution in [-0.2, 0) is 4.57 Å². The van der Waals surface area contributed by atoms with Crippen molar-refractivity contribution in [2.45, 2.75) is 18.2 Å². The fourth-order valence-electron chi connectivity index (χ4n) is 2.65. The number of carbonyl (C=O) groups is 2. The van der Waals surface area contributed by atoms with Gasteiger partial charge in [-0.2, -0.15) is 0 Å². The summed E-state index contributed by atoms with van der Waals surface area (Å²) < 4.78 is 13.2. The standard InChI is InChI=1S/C16H20BrN2O4P/c1-10-14(8-11(17)9-19(3)24(22,23)18-2)16(21)13-7-5-4-6-12(13)15(10)20/h4-7,11H,8-9H2,1-3H3,(H2,18,22,23). The average molecular weight is 415 g/mol. The first-order chi connectivity index (χ1) is 11.2. The molecule has 24 heavy (non-hydrogen) atoms. The molecule has 0 bridgehead atoms. The highest BCUT2D eigenvalue weighted by Gasteiger charge is 2.31. The van der Waals surface area contributed by atoms with Gasteiger partial charge in [-0.1, -0.05) is 40.2 Å². The van der Waals surface area contributed by atoms with Crippen LogP contribution in [0, 0.1) is 0 Å². The molecule has 0 saturated carbocycles. The van der Waals surface area contributed by atoms with E-state index in [-0.39, 0.29) is 22.9 Å². The van der Waals surface area contributed by atoms with Crippen LogP contribution in [0.15, 0.2) is 35.4 Å². The Balaban J connectivity index is 2.21. The molecule has 0 aliphatic heterocycles. The van der Waals surface area contributed by atoms with Gasteiger partial charge >= 0.3 is 7.67 Å². The van der Waals surface area contributed by atoms with Gasteiger partial charge in [-0.3, -0.25) is 14.2 Å². The third kappa shape index (κ3) is 3.76. The molecule has 130 valence electrons. The second-order valence-corrected chi connectivity index (χ2v) is 9.23. The van der Waals surface area contributed by atoms with Crippen LogP contribution in [0.2, 0.25) is 0 Å². The van der Waals surface area contributed by atoms with Gasteiger partial charge in [-0.25, -0.2) is 9.76 Å². The Morgan fingerprint density at radius 3 is 2.33 bits per heavy atom. The fourth-order valence-corrected chi connectivity index (χ4v) is 4.39. The van der Waals surface area contributed by atoms with Crippen molar-refractivity contribution < 1.29 is 19.0 Å². The van der Waals surface area contributed by atoms with Gasteiger partial charge in [0.25, 0.3) is 0 Å². The van der Waals surface area contributed by atoms with E-state index in [4.69, 9.17) is 0 Å². The molecule has 1 aromatic carbocycles. The number of hydrogen-bond donors (Lipinski definition) is 2. The van der Waals surface area contributed by atoms with E-state index in [1.807, 2.05) is 0 Å². The summed E-state index contributed by atoms with van der Waals surface area (Å²) in [6.07, 6.45) is 0.304. The third-order valence-corrected chi connectivity index (χ3v) is 6.41. The molecule has 0 fully saturated rings. The van der Waals surface area contributed by atoms with E-state index in [2.05, 4.69) is 21.0 Å². The Hall–Kier alpha value is -1.11. The van der Waals surface area contributed by atoms with E-state index in [9.17, 15) is 19.0 Å². The first-order valence-electron chi connectivity index (χ1n) is 7.44. The molecular formula is C16H20BrN2O4P. The Morgan fingerprint density at radius 1 is 1.25 bits per heavy atom. The predicted octanol–water partition coefficient (Wildman–Crippen LogP) is 2.79. The molecule has 2 rings (SSSR count). The lowest BCUT2D eigenvalue weighted by Gasteiger charge is -2.26. The molecule has 0 spiro atoms. The first-order valence-corrected chi connectivity index (χ1v) is 9.97. The summed E-state index contributed by atoms with van der Waals surface area (Å²) in [5.41, 5.74) is 1.74. The van der Waals surface area contributed by atoms with Crippen LogP contribution in [-0.4, -0.2) is 46.6 Å². The van der Waals surface area contributed by atoms with Crippen molar-refractivity contribution in [2.75, 3.05) is 20.6 Å². The van der Waals surface area contributed by atoms with Crippen LogP contribution in [0.3, 0.4) is 0 Å². The van der Waals surface area contributed by atoms with Gasteiger partial charge in [0.1, 0.15) is 0 Å². The van der Waals surface area contributed by atoms with Gasteiger partial charge in [0.15, 0.2) is 11.6 Å². The third-order valence-electron chi connectivity index (χ3n) is 4.13. The molecule has 2 N–H and O–H groups in total. The van der Waals surface area contributed by atoms with Crippen molar-refractivity contribution in [3.8, 4) is 0 Å². The Morgan fingerprint density at radius 2 is 1.79 bits per heavy atom. The molecule has 2 unspecified atom stereocenters. The minimum absolute atomic E-state index is 0.142. The quantitative estimate of drug-likeness (QED) is 0.549. The van der Waals surface area contributed by atoms with E-state index in [0.717, 1.165) is 0 Å². The maximum atomic E-state index is 12.7. The Kier molecular flexibility index (Phi) is 5.94. The zero-order valence-electron chi connectivity index (χ0n) is 13.7. The van der Waals surface area contributed by atoms with Crippen molar-refractivity contribution in [3.05, 3.63) is 46.5 Å². The number of nitrogens with one attached hydrogen (secondary N) is 1. The highest BCUT2D eigenvalue weighted by Crippen LogP contribution is 2.39. The molecule has 0 saturated heterocycles. The molecule has 1 aromatic rings. The number of carbonyl (C=O) groups excluding carboxylic acids is 2. The summed E-state index contributed by atoms with van der Waals surface area (Å²) in [7, 11) is -0.648. The molecular weight excluding hydrogens is 395 g/mol. The summed E-state index contributed by atoms with van der Waals surface area (Å²) in [4.78, 5) is 34.6. The molecule has 0 radical (unpaired) electrons. The zero-order valence-corrected chi connectivity index (χ0v) is 16.2. The summed E-state index contributed by atoms with van der Waals surface area (Å²) in [5, 5.41) is 2.37. The van der Waals surface area contributed by atoms with E-state index in [1.54, 1.807) is 31.2 Å². The van der Waals surface area contributed by atoms with Crippen molar-refractivity contribution in [1.29, 1.82) is 0 Å². The van der Waals surface area contributed by atoms with E-state index in [0.29, 0.717) is 28.7 Å². The maximum Gasteiger partial charge on any atom is 0.340 e. The van der Waals surface area contributed by atoms with Gasteiger partial charge in [0, 0.05) is 33.6 Å². The van der Waals surface area contributed by atoms with Crippen LogP contribution >= 0.6 is 23.6 Å². The minimum Gasteiger partial charge on any atom is -0.322 e. The van der Waals surface area contributed by atoms with Crippen LogP contribution in [0.1, 0.15) is 34.1 Å². The van der Waals surface area contributed by atoms with Gasteiger partial charge in [-0.05, 0) is 27.4 Å². The summed E-state index contributed by atoms with van der Waals surface area (Å²) in [5.74, 6) is -0.299. The number of allylic oxidation sites excluding steroid dienone is 2. The lowest BCUT2D eigenvalue weighted by molar-refractivity contribution is 0.0971. The molecule has 1 aliphatic carbocycles. The molecule has 6 nitrogen and oxygen atoms in total. The van der Waals surface area contributed by atoms with E-state index >= 15 is 0 Å². The van der Waals surface area contributed by atoms with E-state index < -0.39 is 7.67 Å². The molecule has 8 heteroatoms. The highest BCUT2D eigenvalue weighted by molar-refractivity contribution is 9.09. The zero-order chi connectivity index (χ0) is 18.1. The van der Waals surface area contributed by atoms with Gasteiger partial charge < -0.3 is 4.89 Å². The smallest absolute Gasteiger partial charge is 0.322 e. The van der Waals surface area contributed by atoms with Crippen molar-refractivity contribution in [3.63, 3.8) is 0 Å². The van der Waals surface area contributed by atoms with Crippen LogP contribution in [0.5, 0.6) is 0 Å². The van der Waals surface area contributed by atoms with Crippen molar-refractivity contribution >= 4 is 35.2 Å². The molecule has 0 amide bonds. The lowest BCUT2D eigenvalue weighted by atomic mass is 9.83. The number of benzene rings is 1. The summed E-state index contributed by atoms with van der Waals surface area (Å²) in [6.45, 7) is 1.90. The first kappa shape index (κ1) is 19.2. The van der Waals surface area contributed by atoms with Crippen molar-refractivity contribution in [1.82, 2.24) is 9.76 Å². The lowest BCUT2D eigenvalue weighted by Crippen LogP contribution is -2.30. The number of fused-ring (bicyclic) bond motifs is 1. The van der Waals surface area contributed by atoms with E-state index in [1.165, 1.54) is 18.8 Å². The Labute approximate surface area is 149 Å². The fraction of sp³-hybridized carbons (Fsp3) is 0.375. The number of nitrogens with zero attached hydrogens (tertiary/aromatic N) is 1. The number of halogens is 1. The normalized spacial score (nSPS) is 18.6. The van der Waals surface area contributed by atoms with Crippen LogP contribution < -0.4 is 5.09 Å². The van der Waals surface area contributed by atoms with Crippen LogP contribution in [0.4, 0.5) is 0 Å². The molecule has 1 aliphatic rings. The number of hydrogen-bond acceptors (Lipinski definition) is 3. The van der Waals surface area contributed by atoms with Crippen molar-refractivity contribution in [2.24, 2.45) is 0 Å². The molecule has 0 heterocycles. The summed E-state index contributed by atoms with van der Waals surface area (Å²) >= 11 is 3.45. The SMILES string of the molecule is CNP(=O)(O)N(C)CC(Br)CC1=C(C)C(=O)c2ccccc2C1=O. The second-order valence-electron chi connectivity index (χ2n) is 5.72. The summed E-state index contributed by atoms with van der Waals surface area (Å²) in [6, 6.07) is 6.78. The van der Waals surface area contributed by atoms with Gasteiger partial charge in [0.05, 0.1) is 0 Å². The van der Waals surface area contributed by atoms with Gasteiger partial charge in [0.2, 0.25) is 0 Å². The van der Waals surface area contributed by atoms with Gasteiger partial charge in [-0.15, -0.1) is 0 Å². The van der Waals surface area contributed by atoms with Crippen LogP contribution in [0.25, 0.3) is 0 Å².